The molecule has 0 aliphatic rings. The molecule has 2 N–H and O–H groups in total. The molecule has 62 valence electrons. The van der Waals surface area contributed by atoms with Crippen molar-refractivity contribution in [3.05, 3.63) is 0 Å². The Bertz CT molecular complexity index is 49.7. The summed E-state index contributed by atoms with van der Waals surface area (Å²) < 4.78 is 0. The van der Waals surface area contributed by atoms with Crippen molar-refractivity contribution < 1.29 is 20.3 Å². The van der Waals surface area contributed by atoms with Crippen molar-refractivity contribution in [3.8, 4) is 0 Å². The summed E-state index contributed by atoms with van der Waals surface area (Å²) in [6.07, 6.45) is 3.68. The monoisotopic (exact) mass is 150 g/mol. The Morgan fingerprint density at radius 2 is 1.10 bits per heavy atom. The van der Waals surface area contributed by atoms with Gasteiger partial charge in [0.1, 0.15) is 0 Å². The van der Waals surface area contributed by atoms with Crippen molar-refractivity contribution in [2.45, 2.75) is 25.7 Å². The van der Waals surface area contributed by atoms with Crippen LogP contribution < -0.4 is 0 Å². The molecule has 0 aromatic heterocycles. The van der Waals surface area contributed by atoms with Crippen LogP contribution in [-0.4, -0.2) is 23.7 Å². The standard InChI is InChI=1S/C6H14O4/c7-9-5-3-1-2-4-6-10-8/h7-8H,1-6H2. The first-order valence-corrected chi connectivity index (χ1v) is 3.44. The van der Waals surface area contributed by atoms with Gasteiger partial charge in [-0.3, -0.25) is 10.5 Å². The van der Waals surface area contributed by atoms with E-state index in [1.807, 2.05) is 0 Å². The third-order valence-corrected chi connectivity index (χ3v) is 1.22. The predicted octanol–water partition coefficient (Wildman–Crippen LogP) is 1.53. The maximum Gasteiger partial charge on any atom is 0.0819 e. The molecule has 0 saturated carbocycles. The summed E-state index contributed by atoms with van der Waals surface area (Å²) >= 11 is 0. The minimum absolute atomic E-state index is 0.389. The molecule has 10 heavy (non-hydrogen) atoms. The average Bonchev–Trinajstić information content (AvgIpc) is 1.97. The van der Waals surface area contributed by atoms with E-state index in [4.69, 9.17) is 10.5 Å². The van der Waals surface area contributed by atoms with Gasteiger partial charge in [0.25, 0.3) is 0 Å². The van der Waals surface area contributed by atoms with Crippen molar-refractivity contribution >= 4 is 0 Å². The molecule has 0 unspecified atom stereocenters. The highest BCUT2D eigenvalue weighted by molar-refractivity contribution is 4.40. The van der Waals surface area contributed by atoms with Gasteiger partial charge in [-0.1, -0.05) is 12.8 Å². The lowest BCUT2D eigenvalue weighted by Gasteiger charge is -1.97. The Hall–Kier alpha value is -0.160. The Balaban J connectivity index is 2.65. The zero-order chi connectivity index (χ0) is 7.66. The van der Waals surface area contributed by atoms with E-state index in [0.717, 1.165) is 25.7 Å². The van der Waals surface area contributed by atoms with Crippen molar-refractivity contribution in [1.29, 1.82) is 0 Å². The molecule has 0 saturated heterocycles. The van der Waals surface area contributed by atoms with Crippen LogP contribution in [0, 0.1) is 0 Å². The Morgan fingerprint density at radius 1 is 0.700 bits per heavy atom. The fourth-order valence-electron chi connectivity index (χ4n) is 0.687. The molecular formula is C6H14O4. The van der Waals surface area contributed by atoms with Crippen molar-refractivity contribution in [2.75, 3.05) is 13.2 Å². The Morgan fingerprint density at radius 3 is 1.40 bits per heavy atom. The zero-order valence-corrected chi connectivity index (χ0v) is 5.95. The Labute approximate surface area is 60.2 Å². The third kappa shape index (κ3) is 7.84. The zero-order valence-electron chi connectivity index (χ0n) is 5.95. The highest BCUT2D eigenvalue weighted by atomic mass is 17.1. The van der Waals surface area contributed by atoms with Gasteiger partial charge in [-0.25, -0.2) is 9.78 Å². The van der Waals surface area contributed by atoms with Crippen molar-refractivity contribution in [3.63, 3.8) is 0 Å². The first-order valence-electron chi connectivity index (χ1n) is 3.44. The van der Waals surface area contributed by atoms with Crippen LogP contribution in [0.25, 0.3) is 0 Å². The number of hydrogen-bond donors (Lipinski definition) is 2. The van der Waals surface area contributed by atoms with Gasteiger partial charge < -0.3 is 0 Å². The maximum atomic E-state index is 7.90. The first kappa shape index (κ1) is 9.84. The molecule has 0 spiro atoms. The van der Waals surface area contributed by atoms with E-state index in [1.165, 1.54) is 0 Å². The van der Waals surface area contributed by atoms with E-state index < -0.39 is 0 Å². The van der Waals surface area contributed by atoms with Crippen LogP contribution in [0.3, 0.4) is 0 Å². The summed E-state index contributed by atoms with van der Waals surface area (Å²) in [5, 5.41) is 15.8. The number of hydrogen-bond acceptors (Lipinski definition) is 4. The molecule has 0 fully saturated rings. The number of rotatable bonds is 7. The highest BCUT2D eigenvalue weighted by Crippen LogP contribution is 1.99. The summed E-state index contributed by atoms with van der Waals surface area (Å²) in [5.74, 6) is 0. The molecule has 0 amide bonds. The molecule has 0 radical (unpaired) electrons. The number of unbranched alkanes of at least 4 members (excludes halogenated alkanes) is 3. The van der Waals surface area contributed by atoms with Crippen LogP contribution >= 0.6 is 0 Å². The summed E-state index contributed by atoms with van der Waals surface area (Å²) in [5.41, 5.74) is 0. The molecule has 0 rings (SSSR count). The van der Waals surface area contributed by atoms with E-state index in [0.29, 0.717) is 13.2 Å². The lowest BCUT2D eigenvalue weighted by Crippen LogP contribution is -1.91. The highest BCUT2D eigenvalue weighted by Gasteiger charge is 1.89. The summed E-state index contributed by atoms with van der Waals surface area (Å²) in [7, 11) is 0. The Kier molecular flexibility index (Phi) is 8.70. The fourth-order valence-corrected chi connectivity index (χ4v) is 0.687. The van der Waals surface area contributed by atoms with Crippen LogP contribution in [0.1, 0.15) is 25.7 Å². The molecular weight excluding hydrogens is 136 g/mol. The smallest absolute Gasteiger partial charge is 0.0819 e. The quantitative estimate of drug-likeness (QED) is 0.328. The SMILES string of the molecule is OOCCCCCCOO. The summed E-state index contributed by atoms with van der Waals surface area (Å²) in [4.78, 5) is 7.74. The second-order valence-electron chi connectivity index (χ2n) is 2.08. The first-order chi connectivity index (χ1) is 4.91. The maximum absolute atomic E-state index is 7.90. The normalized spacial score (nSPS) is 10.2. The molecule has 0 aliphatic carbocycles. The van der Waals surface area contributed by atoms with Crippen LogP contribution in [-0.2, 0) is 9.78 Å². The third-order valence-electron chi connectivity index (χ3n) is 1.22. The lowest BCUT2D eigenvalue weighted by atomic mass is 10.2. The minimum atomic E-state index is 0.389. The topological polar surface area (TPSA) is 58.9 Å². The van der Waals surface area contributed by atoms with Crippen molar-refractivity contribution in [2.24, 2.45) is 0 Å². The molecule has 0 aliphatic heterocycles. The van der Waals surface area contributed by atoms with Gasteiger partial charge in [0.2, 0.25) is 0 Å². The average molecular weight is 150 g/mol. The van der Waals surface area contributed by atoms with Crippen LogP contribution in [0.15, 0.2) is 0 Å². The van der Waals surface area contributed by atoms with E-state index >= 15 is 0 Å². The second-order valence-corrected chi connectivity index (χ2v) is 2.08. The van der Waals surface area contributed by atoms with Gasteiger partial charge in [-0.2, -0.15) is 0 Å². The van der Waals surface area contributed by atoms with E-state index in [9.17, 15) is 0 Å². The molecule has 0 aromatic rings. The molecule has 0 atom stereocenters. The van der Waals surface area contributed by atoms with Gasteiger partial charge in [-0.15, -0.1) is 0 Å². The molecule has 4 heteroatoms. The molecule has 4 nitrogen and oxygen atoms in total. The summed E-state index contributed by atoms with van der Waals surface area (Å²) in [6.45, 7) is 0.778. The van der Waals surface area contributed by atoms with Gasteiger partial charge in [0.05, 0.1) is 13.2 Å². The second kappa shape index (κ2) is 8.84. The van der Waals surface area contributed by atoms with Crippen LogP contribution in [0.4, 0.5) is 0 Å². The largest absolute Gasteiger partial charge is 0.252 e. The molecule has 0 aromatic carbocycles. The summed E-state index contributed by atoms with van der Waals surface area (Å²) in [6, 6.07) is 0. The lowest BCUT2D eigenvalue weighted by molar-refractivity contribution is -0.244. The van der Waals surface area contributed by atoms with Crippen molar-refractivity contribution in [1.82, 2.24) is 0 Å². The fraction of sp³-hybridized carbons (Fsp3) is 1.00. The molecule has 0 heterocycles. The van der Waals surface area contributed by atoms with Crippen LogP contribution in [0.5, 0.6) is 0 Å². The van der Waals surface area contributed by atoms with Crippen LogP contribution in [0.2, 0.25) is 0 Å². The van der Waals surface area contributed by atoms with Gasteiger partial charge in [0.15, 0.2) is 0 Å². The minimum Gasteiger partial charge on any atom is -0.252 e. The van der Waals surface area contributed by atoms with Gasteiger partial charge >= 0.3 is 0 Å². The van der Waals surface area contributed by atoms with E-state index in [1.54, 1.807) is 0 Å². The van der Waals surface area contributed by atoms with Gasteiger partial charge in [-0.05, 0) is 12.8 Å². The van der Waals surface area contributed by atoms with Gasteiger partial charge in [0, 0.05) is 0 Å². The predicted molar refractivity (Wildman–Crippen MR) is 35.6 cm³/mol. The van der Waals surface area contributed by atoms with E-state index in [-0.39, 0.29) is 0 Å². The van der Waals surface area contributed by atoms with E-state index in [2.05, 4.69) is 9.78 Å². The molecule has 0 bridgehead atoms.